The van der Waals surface area contributed by atoms with Gasteiger partial charge >= 0.3 is 11.8 Å². The molecule has 0 aliphatic heterocycles. The molecule has 0 saturated carbocycles. The first-order chi connectivity index (χ1) is 12.3. The lowest BCUT2D eigenvalue weighted by Gasteiger charge is -2.13. The average molecular weight is 363 g/mol. The van der Waals surface area contributed by atoms with Gasteiger partial charge in [-0.05, 0) is 30.3 Å². The SMILES string of the molecule is COc1ccc2cc(C(=O)Nc3ccccc3C(F)(F)F)c(=O)oc2c1. The van der Waals surface area contributed by atoms with E-state index in [0.29, 0.717) is 11.1 Å². The van der Waals surface area contributed by atoms with Crippen molar-refractivity contribution in [1.29, 1.82) is 0 Å². The van der Waals surface area contributed by atoms with E-state index in [2.05, 4.69) is 5.32 Å². The van der Waals surface area contributed by atoms with E-state index in [-0.39, 0.29) is 5.58 Å². The van der Waals surface area contributed by atoms with Crippen LogP contribution in [0.5, 0.6) is 5.75 Å². The second kappa shape index (κ2) is 6.55. The number of halogens is 3. The molecule has 0 radical (unpaired) electrons. The zero-order valence-corrected chi connectivity index (χ0v) is 13.4. The van der Waals surface area contributed by atoms with Crippen molar-refractivity contribution >= 4 is 22.6 Å². The van der Waals surface area contributed by atoms with Crippen LogP contribution in [0.4, 0.5) is 18.9 Å². The zero-order chi connectivity index (χ0) is 18.9. The number of para-hydroxylation sites is 1. The Hall–Kier alpha value is -3.29. The number of methoxy groups -OCH3 is 1. The number of benzene rings is 2. The predicted octanol–water partition coefficient (Wildman–Crippen LogP) is 4.07. The zero-order valence-electron chi connectivity index (χ0n) is 13.4. The quantitative estimate of drug-likeness (QED) is 0.712. The van der Waals surface area contributed by atoms with Crippen molar-refractivity contribution in [3.05, 3.63) is 70.1 Å². The molecule has 1 heterocycles. The van der Waals surface area contributed by atoms with Crippen LogP contribution < -0.4 is 15.7 Å². The van der Waals surface area contributed by atoms with E-state index in [9.17, 15) is 22.8 Å². The van der Waals surface area contributed by atoms with Crippen molar-refractivity contribution in [2.75, 3.05) is 12.4 Å². The van der Waals surface area contributed by atoms with Gasteiger partial charge in [-0.25, -0.2) is 4.79 Å². The van der Waals surface area contributed by atoms with Crippen LogP contribution in [-0.2, 0) is 6.18 Å². The maximum absolute atomic E-state index is 13.0. The van der Waals surface area contributed by atoms with Crippen molar-refractivity contribution < 1.29 is 27.1 Å². The summed E-state index contributed by atoms with van der Waals surface area (Å²) in [5, 5.41) is 2.55. The van der Waals surface area contributed by atoms with E-state index < -0.39 is 34.5 Å². The highest BCUT2D eigenvalue weighted by Crippen LogP contribution is 2.34. The molecule has 0 bridgehead atoms. The van der Waals surface area contributed by atoms with Crippen LogP contribution in [0.25, 0.3) is 11.0 Å². The van der Waals surface area contributed by atoms with Crippen molar-refractivity contribution in [2.24, 2.45) is 0 Å². The van der Waals surface area contributed by atoms with Gasteiger partial charge in [0.1, 0.15) is 16.9 Å². The highest BCUT2D eigenvalue weighted by Gasteiger charge is 2.33. The van der Waals surface area contributed by atoms with E-state index in [0.717, 1.165) is 12.1 Å². The van der Waals surface area contributed by atoms with Crippen LogP contribution >= 0.6 is 0 Å². The number of carbonyl (C=O) groups is 1. The number of rotatable bonds is 3. The molecule has 3 rings (SSSR count). The van der Waals surface area contributed by atoms with Crippen molar-refractivity contribution in [2.45, 2.75) is 6.18 Å². The molecule has 1 amide bonds. The maximum atomic E-state index is 13.0. The Bertz CT molecular complexity index is 1040. The lowest BCUT2D eigenvalue weighted by molar-refractivity contribution is -0.136. The topological polar surface area (TPSA) is 68.5 Å². The fraction of sp³-hybridized carbons (Fsp3) is 0.111. The molecule has 0 aliphatic rings. The summed E-state index contributed by atoms with van der Waals surface area (Å²) >= 11 is 0. The number of anilines is 1. The molecule has 1 N–H and O–H groups in total. The molecule has 3 aromatic rings. The minimum Gasteiger partial charge on any atom is -0.497 e. The lowest BCUT2D eigenvalue weighted by atomic mass is 10.1. The third-order valence-corrected chi connectivity index (χ3v) is 3.67. The van der Waals surface area contributed by atoms with E-state index >= 15 is 0 Å². The molecule has 0 spiro atoms. The highest BCUT2D eigenvalue weighted by molar-refractivity contribution is 6.05. The van der Waals surface area contributed by atoms with Gasteiger partial charge in [0, 0.05) is 11.5 Å². The third kappa shape index (κ3) is 3.39. The van der Waals surface area contributed by atoms with Gasteiger partial charge in [0.2, 0.25) is 0 Å². The van der Waals surface area contributed by atoms with Crippen LogP contribution in [0.15, 0.2) is 57.7 Å². The monoisotopic (exact) mass is 363 g/mol. The van der Waals surface area contributed by atoms with Gasteiger partial charge in [0.15, 0.2) is 0 Å². The summed E-state index contributed by atoms with van der Waals surface area (Å²) in [6, 6.07) is 10.4. The number of fused-ring (bicyclic) bond motifs is 1. The summed E-state index contributed by atoms with van der Waals surface area (Å²) in [5.74, 6) is -0.537. The molecule has 0 unspecified atom stereocenters. The summed E-state index contributed by atoms with van der Waals surface area (Å²) in [5.41, 5.74) is -2.63. The third-order valence-electron chi connectivity index (χ3n) is 3.67. The second-order valence-electron chi connectivity index (χ2n) is 5.35. The molecule has 134 valence electrons. The number of amides is 1. The fourth-order valence-electron chi connectivity index (χ4n) is 2.41. The van der Waals surface area contributed by atoms with Crippen LogP contribution in [0.2, 0.25) is 0 Å². The molecule has 0 aliphatic carbocycles. The van der Waals surface area contributed by atoms with Gasteiger partial charge in [-0.3, -0.25) is 4.79 Å². The number of carbonyl (C=O) groups excluding carboxylic acids is 1. The van der Waals surface area contributed by atoms with Gasteiger partial charge in [0.25, 0.3) is 5.91 Å². The number of hydrogen-bond donors (Lipinski definition) is 1. The lowest BCUT2D eigenvalue weighted by Crippen LogP contribution is -2.22. The smallest absolute Gasteiger partial charge is 0.418 e. The maximum Gasteiger partial charge on any atom is 0.418 e. The van der Waals surface area contributed by atoms with Gasteiger partial charge in [-0.15, -0.1) is 0 Å². The Labute approximate surface area is 145 Å². The summed E-state index contributed by atoms with van der Waals surface area (Å²) in [7, 11) is 1.44. The first-order valence-electron chi connectivity index (χ1n) is 7.39. The van der Waals surface area contributed by atoms with Crippen LogP contribution in [-0.4, -0.2) is 13.0 Å². The Balaban J connectivity index is 1.99. The molecule has 0 saturated heterocycles. The normalized spacial score (nSPS) is 11.4. The second-order valence-corrected chi connectivity index (χ2v) is 5.35. The highest BCUT2D eigenvalue weighted by atomic mass is 19.4. The molecule has 2 aromatic carbocycles. The van der Waals surface area contributed by atoms with Crippen molar-refractivity contribution in [3.63, 3.8) is 0 Å². The molecule has 0 atom stereocenters. The fourth-order valence-corrected chi connectivity index (χ4v) is 2.41. The van der Waals surface area contributed by atoms with Crippen molar-refractivity contribution in [1.82, 2.24) is 0 Å². The molecule has 26 heavy (non-hydrogen) atoms. The largest absolute Gasteiger partial charge is 0.497 e. The first-order valence-corrected chi connectivity index (χ1v) is 7.39. The summed E-state index contributed by atoms with van der Waals surface area (Å²) in [6.07, 6.45) is -4.64. The number of ether oxygens (including phenoxy) is 1. The first kappa shape index (κ1) is 17.5. The summed E-state index contributed by atoms with van der Waals surface area (Å²) in [4.78, 5) is 24.4. The standard InChI is InChI=1S/C18H12F3NO4/c1-25-11-7-6-10-8-12(17(24)26-15(10)9-11)16(23)22-14-5-3-2-4-13(14)18(19,20)21/h2-9H,1H3,(H,22,23). The van der Waals surface area contributed by atoms with E-state index in [1.807, 2.05) is 0 Å². The van der Waals surface area contributed by atoms with Crippen LogP contribution in [0.1, 0.15) is 15.9 Å². The average Bonchev–Trinajstić information content (AvgIpc) is 2.60. The van der Waals surface area contributed by atoms with Gasteiger partial charge in [-0.2, -0.15) is 13.2 Å². The molecular formula is C18H12F3NO4. The van der Waals surface area contributed by atoms with Crippen LogP contribution in [0, 0.1) is 0 Å². The summed E-state index contributed by atoms with van der Waals surface area (Å²) < 4.78 is 49.1. The van der Waals surface area contributed by atoms with Crippen LogP contribution in [0.3, 0.4) is 0 Å². The van der Waals surface area contributed by atoms with Gasteiger partial charge < -0.3 is 14.5 Å². The Morgan fingerprint density at radius 1 is 1.12 bits per heavy atom. The molecule has 0 fully saturated rings. The summed E-state index contributed by atoms with van der Waals surface area (Å²) in [6.45, 7) is 0. The minimum absolute atomic E-state index is 0.196. The number of alkyl halides is 3. The molecule has 8 heteroatoms. The number of hydrogen-bond acceptors (Lipinski definition) is 4. The van der Waals surface area contributed by atoms with Gasteiger partial charge in [-0.1, -0.05) is 12.1 Å². The number of nitrogens with one attached hydrogen (secondary N) is 1. The Morgan fingerprint density at radius 2 is 1.85 bits per heavy atom. The molecule has 5 nitrogen and oxygen atoms in total. The molecule has 1 aromatic heterocycles. The van der Waals surface area contributed by atoms with Crippen molar-refractivity contribution in [3.8, 4) is 5.75 Å². The minimum atomic E-state index is -4.64. The van der Waals surface area contributed by atoms with E-state index in [4.69, 9.17) is 9.15 Å². The van der Waals surface area contributed by atoms with Gasteiger partial charge in [0.05, 0.1) is 18.4 Å². The van der Waals surface area contributed by atoms with E-state index in [1.165, 1.54) is 31.4 Å². The molecular weight excluding hydrogens is 351 g/mol. The predicted molar refractivity (Wildman–Crippen MR) is 88.4 cm³/mol. The Morgan fingerprint density at radius 3 is 2.54 bits per heavy atom. The van der Waals surface area contributed by atoms with E-state index in [1.54, 1.807) is 12.1 Å². The Kier molecular flexibility index (Phi) is 4.41.